The van der Waals surface area contributed by atoms with E-state index in [4.69, 9.17) is 14.5 Å². The Bertz CT molecular complexity index is 1410. The van der Waals surface area contributed by atoms with Crippen LogP contribution in [0.5, 0.6) is 5.75 Å². The average molecular weight is 590 g/mol. The number of nitrogens with zero attached hydrogens (tertiary/aromatic N) is 2. The van der Waals surface area contributed by atoms with Crippen molar-refractivity contribution in [3.63, 3.8) is 0 Å². The smallest absolute Gasteiger partial charge is 0.251 e. The van der Waals surface area contributed by atoms with E-state index in [0.717, 1.165) is 54.8 Å². The van der Waals surface area contributed by atoms with Crippen molar-refractivity contribution < 1.29 is 24.3 Å². The number of rotatable bonds is 10. The van der Waals surface area contributed by atoms with Gasteiger partial charge in [-0.15, -0.1) is 0 Å². The van der Waals surface area contributed by atoms with Crippen LogP contribution in [0.15, 0.2) is 54.6 Å². The van der Waals surface area contributed by atoms with Gasteiger partial charge in [0.25, 0.3) is 5.91 Å². The van der Waals surface area contributed by atoms with Gasteiger partial charge in [-0.2, -0.15) is 0 Å². The van der Waals surface area contributed by atoms with Crippen LogP contribution in [0.4, 0.5) is 0 Å². The normalized spacial score (nSPS) is 21.2. The zero-order valence-electron chi connectivity index (χ0n) is 25.3. The third-order valence-corrected chi connectivity index (χ3v) is 8.97. The van der Waals surface area contributed by atoms with Crippen molar-refractivity contribution >= 4 is 22.7 Å². The molecule has 0 bridgehead atoms. The standard InChI is InChI=1S/C33H43N5O5/c1-4-16-38-17-13-32(14-18-38,24(3)30(39)37-41)36-31(40)25-9-11-26(12-10-25)42-22-33(21-34-15-19-43-33)28-20-23(2)35-29-8-6-5-7-27(28)29/h5-12,20,24,34,41H,4,13-19,21-22H2,1-3H3,(H,36,40)(H,37,39). The van der Waals surface area contributed by atoms with Gasteiger partial charge in [-0.3, -0.25) is 19.8 Å². The fourth-order valence-electron chi connectivity index (χ4n) is 6.39. The lowest BCUT2D eigenvalue weighted by Crippen LogP contribution is -2.61. The second-order valence-electron chi connectivity index (χ2n) is 11.8. The first-order valence-electron chi connectivity index (χ1n) is 15.2. The molecule has 10 heteroatoms. The van der Waals surface area contributed by atoms with Crippen molar-refractivity contribution in [2.75, 3.05) is 45.9 Å². The van der Waals surface area contributed by atoms with Crippen molar-refractivity contribution in [2.24, 2.45) is 5.92 Å². The Balaban J connectivity index is 1.31. The maximum atomic E-state index is 13.5. The van der Waals surface area contributed by atoms with Crippen LogP contribution in [0.25, 0.3) is 10.9 Å². The number of hydrogen-bond acceptors (Lipinski definition) is 8. The molecule has 230 valence electrons. The molecule has 2 aromatic carbocycles. The van der Waals surface area contributed by atoms with Crippen LogP contribution < -0.4 is 20.9 Å². The maximum absolute atomic E-state index is 13.5. The molecule has 2 aliphatic rings. The van der Waals surface area contributed by atoms with Gasteiger partial charge >= 0.3 is 0 Å². The molecular weight excluding hydrogens is 546 g/mol. The van der Waals surface area contributed by atoms with Crippen LogP contribution >= 0.6 is 0 Å². The minimum Gasteiger partial charge on any atom is -0.490 e. The first kappa shape index (κ1) is 30.9. The van der Waals surface area contributed by atoms with E-state index in [9.17, 15) is 14.8 Å². The predicted molar refractivity (Wildman–Crippen MR) is 164 cm³/mol. The van der Waals surface area contributed by atoms with E-state index in [0.29, 0.717) is 37.3 Å². The number of morpholine rings is 1. The molecule has 2 saturated heterocycles. The Morgan fingerprint density at radius 1 is 1.16 bits per heavy atom. The summed E-state index contributed by atoms with van der Waals surface area (Å²) in [5, 5.41) is 17.0. The molecule has 2 aliphatic heterocycles. The highest BCUT2D eigenvalue weighted by molar-refractivity contribution is 5.95. The monoisotopic (exact) mass is 589 g/mol. The molecule has 2 fully saturated rings. The fourth-order valence-corrected chi connectivity index (χ4v) is 6.39. The van der Waals surface area contributed by atoms with E-state index in [1.54, 1.807) is 36.7 Å². The van der Waals surface area contributed by atoms with E-state index in [-0.39, 0.29) is 12.5 Å². The Hall–Kier alpha value is -3.57. The number of nitrogens with one attached hydrogen (secondary N) is 3. The second-order valence-corrected chi connectivity index (χ2v) is 11.8. The molecule has 0 radical (unpaired) electrons. The number of fused-ring (bicyclic) bond motifs is 1. The van der Waals surface area contributed by atoms with E-state index < -0.39 is 23.0 Å². The van der Waals surface area contributed by atoms with Gasteiger partial charge in [0.15, 0.2) is 0 Å². The number of benzene rings is 2. The van der Waals surface area contributed by atoms with Gasteiger partial charge in [-0.25, -0.2) is 5.48 Å². The highest BCUT2D eigenvalue weighted by atomic mass is 16.5. The van der Waals surface area contributed by atoms with Crippen LogP contribution in [0.1, 0.15) is 54.7 Å². The lowest BCUT2D eigenvalue weighted by molar-refractivity contribution is -0.136. The number of aryl methyl sites for hydroxylation is 1. The molecule has 2 unspecified atom stereocenters. The Labute approximate surface area is 253 Å². The molecule has 1 aromatic heterocycles. The number of ether oxygens (including phenoxy) is 2. The van der Waals surface area contributed by atoms with Crippen LogP contribution in [-0.4, -0.2) is 78.4 Å². The molecule has 0 saturated carbocycles. The van der Waals surface area contributed by atoms with Crippen LogP contribution in [0.3, 0.4) is 0 Å². The quantitative estimate of drug-likeness (QED) is 0.209. The molecule has 3 heterocycles. The van der Waals surface area contributed by atoms with E-state index in [1.807, 2.05) is 25.1 Å². The van der Waals surface area contributed by atoms with Crippen molar-refractivity contribution in [3.8, 4) is 5.75 Å². The first-order chi connectivity index (χ1) is 20.8. The maximum Gasteiger partial charge on any atom is 0.251 e. The summed E-state index contributed by atoms with van der Waals surface area (Å²) in [7, 11) is 0. The lowest BCUT2D eigenvalue weighted by atomic mass is 9.76. The van der Waals surface area contributed by atoms with Gasteiger partial charge < -0.3 is 25.0 Å². The number of carbonyl (C=O) groups is 2. The van der Waals surface area contributed by atoms with Gasteiger partial charge in [0, 0.05) is 42.8 Å². The number of hydrogen-bond donors (Lipinski definition) is 4. The summed E-state index contributed by atoms with van der Waals surface area (Å²) in [6.45, 7) is 10.6. The van der Waals surface area contributed by atoms with Crippen LogP contribution in [0.2, 0.25) is 0 Å². The number of para-hydroxylation sites is 1. The SMILES string of the molecule is CCCN1CCC(NC(=O)c2ccc(OCC3(c4cc(C)nc5ccccc45)CNCCO3)cc2)(C(C)C(=O)NO)CC1. The first-order valence-corrected chi connectivity index (χ1v) is 15.2. The molecule has 10 nitrogen and oxygen atoms in total. The largest absolute Gasteiger partial charge is 0.490 e. The number of hydroxylamine groups is 1. The van der Waals surface area contributed by atoms with Crippen molar-refractivity contribution in [3.05, 3.63) is 71.4 Å². The van der Waals surface area contributed by atoms with Gasteiger partial charge in [0.2, 0.25) is 5.91 Å². The molecule has 4 N–H and O–H groups in total. The summed E-state index contributed by atoms with van der Waals surface area (Å²) in [5.41, 5.74) is 3.65. The summed E-state index contributed by atoms with van der Waals surface area (Å²) >= 11 is 0. The van der Waals surface area contributed by atoms with Crippen molar-refractivity contribution in [1.82, 2.24) is 26.0 Å². The third kappa shape index (κ3) is 6.67. The number of likely N-dealkylation sites (tertiary alicyclic amines) is 1. The molecule has 3 aromatic rings. The van der Waals surface area contributed by atoms with Crippen LogP contribution in [-0.2, 0) is 15.1 Å². The average Bonchev–Trinajstić information content (AvgIpc) is 3.04. The molecule has 0 spiro atoms. The number of amides is 2. The highest BCUT2D eigenvalue weighted by Crippen LogP contribution is 2.35. The zero-order chi connectivity index (χ0) is 30.5. The summed E-state index contributed by atoms with van der Waals surface area (Å²) in [6, 6.07) is 17.2. The molecular formula is C33H43N5O5. The summed E-state index contributed by atoms with van der Waals surface area (Å²) < 4.78 is 12.7. The number of carbonyl (C=O) groups excluding carboxylic acids is 2. The van der Waals surface area contributed by atoms with E-state index in [1.165, 1.54) is 0 Å². The molecule has 2 atom stereocenters. The Kier molecular flexibility index (Phi) is 9.61. The second kappa shape index (κ2) is 13.4. The van der Waals surface area contributed by atoms with E-state index in [2.05, 4.69) is 34.6 Å². The van der Waals surface area contributed by atoms with Crippen molar-refractivity contribution in [2.45, 2.75) is 51.2 Å². The lowest BCUT2D eigenvalue weighted by Gasteiger charge is -2.45. The third-order valence-electron chi connectivity index (χ3n) is 8.97. The predicted octanol–water partition coefficient (Wildman–Crippen LogP) is 3.55. The van der Waals surface area contributed by atoms with Gasteiger partial charge in [0.1, 0.15) is 18.0 Å². The molecule has 0 aliphatic carbocycles. The molecule has 43 heavy (non-hydrogen) atoms. The minimum absolute atomic E-state index is 0.261. The molecule has 5 rings (SSSR count). The summed E-state index contributed by atoms with van der Waals surface area (Å²) in [4.78, 5) is 32.9. The van der Waals surface area contributed by atoms with Gasteiger partial charge in [-0.1, -0.05) is 32.0 Å². The number of piperidine rings is 1. The summed E-state index contributed by atoms with van der Waals surface area (Å²) in [5.74, 6) is -0.738. The Morgan fingerprint density at radius 3 is 2.58 bits per heavy atom. The van der Waals surface area contributed by atoms with Crippen molar-refractivity contribution in [1.29, 1.82) is 0 Å². The zero-order valence-corrected chi connectivity index (χ0v) is 25.3. The van der Waals surface area contributed by atoms with Gasteiger partial charge in [-0.05, 0) is 74.7 Å². The number of pyridine rings is 1. The van der Waals surface area contributed by atoms with Gasteiger partial charge in [0.05, 0.1) is 23.6 Å². The van der Waals surface area contributed by atoms with E-state index >= 15 is 0 Å². The Morgan fingerprint density at radius 2 is 1.91 bits per heavy atom. The minimum atomic E-state index is -0.757. The summed E-state index contributed by atoms with van der Waals surface area (Å²) in [6.07, 6.45) is 2.28. The topological polar surface area (TPSA) is 125 Å². The van der Waals surface area contributed by atoms with Crippen LogP contribution in [0, 0.1) is 12.8 Å². The number of aromatic nitrogens is 1. The fraction of sp³-hybridized carbons (Fsp3) is 0.485. The highest BCUT2D eigenvalue weighted by Gasteiger charge is 2.44. The molecule has 2 amide bonds.